The maximum Gasteiger partial charge on any atom is 0.267 e. The number of nitrogens with one attached hydrogen (secondary N) is 1. The van der Waals surface area contributed by atoms with E-state index in [1.54, 1.807) is 42.7 Å². The van der Waals surface area contributed by atoms with Gasteiger partial charge in [0.05, 0.1) is 33.9 Å². The minimum atomic E-state index is -1.17. The van der Waals surface area contributed by atoms with E-state index in [4.69, 9.17) is 33.5 Å². The van der Waals surface area contributed by atoms with Gasteiger partial charge in [-0.15, -0.1) is 0 Å². The Morgan fingerprint density at radius 3 is 2.66 bits per heavy atom. The molecule has 2 atom stereocenters. The molecule has 9 nitrogen and oxygen atoms in total. The number of hydrogen-bond acceptors (Lipinski definition) is 6. The third-order valence-electron chi connectivity index (χ3n) is 4.81. The van der Waals surface area contributed by atoms with E-state index >= 15 is 0 Å². The van der Waals surface area contributed by atoms with Crippen LogP contribution in [0.1, 0.15) is 32.1 Å². The van der Waals surface area contributed by atoms with Crippen molar-refractivity contribution < 1.29 is 0 Å². The van der Waals surface area contributed by atoms with Gasteiger partial charge in [0, 0.05) is 6.20 Å². The molecular weight excluding hydrogens is 428 g/mol. The number of fused-ring (bicyclic) bond motifs is 1. The molecule has 0 fully saturated rings. The minimum Gasteiger partial charge on any atom is -0.386 e. The first-order valence-corrected chi connectivity index (χ1v) is 10.3. The number of nitrogens with zero attached hydrogens (tertiary/aromatic N) is 5. The molecule has 5 N–H and O–H groups in total. The summed E-state index contributed by atoms with van der Waals surface area (Å²) in [6.07, 6.45) is 3.62. The molecule has 0 spiro atoms. The molecule has 164 valence electrons. The summed E-state index contributed by atoms with van der Waals surface area (Å²) in [6.45, 7) is 3.99. The van der Waals surface area contributed by atoms with Crippen molar-refractivity contribution in [1.82, 2.24) is 14.5 Å². The molecule has 32 heavy (non-hydrogen) atoms. The van der Waals surface area contributed by atoms with Crippen LogP contribution in [0.15, 0.2) is 52.5 Å². The highest BCUT2D eigenvalue weighted by atomic mass is 35.5. The molecule has 10 heteroatoms. The fraction of sp³-hybridized carbons (Fsp3) is 0.273. The van der Waals surface area contributed by atoms with E-state index in [0.717, 1.165) is 0 Å². The quantitative estimate of drug-likeness (QED) is 0.370. The second kappa shape index (κ2) is 9.58. The van der Waals surface area contributed by atoms with Gasteiger partial charge in [-0.2, -0.15) is 5.26 Å². The summed E-state index contributed by atoms with van der Waals surface area (Å²) < 4.78 is 1.42. The summed E-state index contributed by atoms with van der Waals surface area (Å²) in [5.41, 5.74) is 12.1. The van der Waals surface area contributed by atoms with Crippen LogP contribution in [-0.4, -0.2) is 26.2 Å². The van der Waals surface area contributed by atoms with Gasteiger partial charge in [0.2, 0.25) is 0 Å². The van der Waals surface area contributed by atoms with Gasteiger partial charge in [-0.3, -0.25) is 24.7 Å². The summed E-state index contributed by atoms with van der Waals surface area (Å²) in [7, 11) is 0. The Labute approximate surface area is 189 Å². The first-order valence-electron chi connectivity index (χ1n) is 9.92. The van der Waals surface area contributed by atoms with Gasteiger partial charge < -0.3 is 11.5 Å². The smallest absolute Gasteiger partial charge is 0.267 e. The number of halogens is 1. The molecule has 2 heterocycles. The van der Waals surface area contributed by atoms with Gasteiger partial charge in [-0.05, 0) is 36.6 Å². The number of aromatic nitrogens is 3. The van der Waals surface area contributed by atoms with E-state index in [-0.39, 0.29) is 27.7 Å². The maximum absolute atomic E-state index is 13.6. The van der Waals surface area contributed by atoms with Gasteiger partial charge in [0.25, 0.3) is 5.56 Å². The SMILES string of the molecule is CC(C)CC(N=C(N)C(C#N)C(=N)N)c1nc2cccc(Cl)c2c(=O)n1-c1cccnc1. The van der Waals surface area contributed by atoms with Crippen LogP contribution in [0.25, 0.3) is 16.6 Å². The fourth-order valence-electron chi connectivity index (χ4n) is 3.38. The molecule has 0 aliphatic carbocycles. The minimum absolute atomic E-state index is 0.108. The van der Waals surface area contributed by atoms with Crippen LogP contribution in [0.5, 0.6) is 0 Å². The number of hydrogen-bond donors (Lipinski definition) is 3. The molecule has 0 bridgehead atoms. The Morgan fingerprint density at radius 2 is 2.06 bits per heavy atom. The van der Waals surface area contributed by atoms with Crippen LogP contribution in [0.4, 0.5) is 0 Å². The lowest BCUT2D eigenvalue weighted by atomic mass is 10.0. The molecule has 0 saturated carbocycles. The largest absolute Gasteiger partial charge is 0.386 e. The molecule has 0 radical (unpaired) electrons. The number of rotatable bonds is 7. The highest BCUT2D eigenvalue weighted by Gasteiger charge is 2.25. The van der Waals surface area contributed by atoms with Crippen molar-refractivity contribution in [3.8, 4) is 11.8 Å². The first-order chi connectivity index (χ1) is 15.2. The third-order valence-corrected chi connectivity index (χ3v) is 5.13. The van der Waals surface area contributed by atoms with Crippen molar-refractivity contribution in [3.63, 3.8) is 0 Å². The molecule has 0 aliphatic heterocycles. The van der Waals surface area contributed by atoms with Gasteiger partial charge in [0.15, 0.2) is 5.92 Å². The van der Waals surface area contributed by atoms with E-state index in [0.29, 0.717) is 23.4 Å². The number of benzene rings is 1. The van der Waals surface area contributed by atoms with Crippen molar-refractivity contribution in [1.29, 1.82) is 10.7 Å². The average Bonchev–Trinajstić information content (AvgIpc) is 2.73. The van der Waals surface area contributed by atoms with E-state index < -0.39 is 17.8 Å². The lowest BCUT2D eigenvalue weighted by molar-refractivity contribution is 0.486. The Balaban J connectivity index is 2.36. The number of nitrogens with two attached hydrogens (primary N) is 2. The van der Waals surface area contributed by atoms with Crippen molar-refractivity contribution >= 4 is 34.2 Å². The second-order valence-electron chi connectivity index (χ2n) is 7.67. The average molecular weight is 451 g/mol. The molecule has 0 amide bonds. The normalized spacial score (nSPS) is 13.7. The molecule has 2 aromatic heterocycles. The molecule has 3 rings (SSSR count). The standard InChI is InChI=1S/C22H23ClN8O/c1-12(2)9-17(29-20(27)14(10-24)19(25)26)21-30-16-7-3-6-15(23)18(16)22(32)31(21)13-5-4-8-28-11-13/h3-8,11-12,14,17H,9H2,1-2H3,(H3,25,26)(H2,27,29). The Kier molecular flexibility index (Phi) is 6.85. The maximum atomic E-state index is 13.6. The van der Waals surface area contributed by atoms with Crippen molar-refractivity contribution in [2.45, 2.75) is 26.3 Å². The zero-order chi connectivity index (χ0) is 23.4. The van der Waals surface area contributed by atoms with E-state index in [9.17, 15) is 10.1 Å². The van der Waals surface area contributed by atoms with Crippen LogP contribution in [0.3, 0.4) is 0 Å². The lowest BCUT2D eigenvalue weighted by Gasteiger charge is -2.21. The van der Waals surface area contributed by atoms with Crippen LogP contribution >= 0.6 is 11.6 Å². The summed E-state index contributed by atoms with van der Waals surface area (Å²) >= 11 is 6.33. The zero-order valence-corrected chi connectivity index (χ0v) is 18.4. The highest BCUT2D eigenvalue weighted by Crippen LogP contribution is 2.28. The topological polar surface area (TPSA) is 160 Å². The van der Waals surface area contributed by atoms with E-state index in [1.165, 1.54) is 4.57 Å². The molecular formula is C22H23ClN8O. The number of amidine groups is 2. The van der Waals surface area contributed by atoms with Crippen molar-refractivity contribution in [2.75, 3.05) is 0 Å². The zero-order valence-electron chi connectivity index (χ0n) is 17.7. The Bertz CT molecular complexity index is 1280. The summed E-state index contributed by atoms with van der Waals surface area (Å²) in [6, 6.07) is 9.69. The van der Waals surface area contributed by atoms with Gasteiger partial charge in [-0.1, -0.05) is 31.5 Å². The predicted octanol–water partition coefficient (Wildman–Crippen LogP) is 2.95. The van der Waals surface area contributed by atoms with Crippen LogP contribution in [0, 0.1) is 28.6 Å². The number of pyridine rings is 1. The molecule has 1 aromatic carbocycles. The first kappa shape index (κ1) is 22.9. The van der Waals surface area contributed by atoms with Gasteiger partial charge in [-0.25, -0.2) is 4.98 Å². The molecule has 3 aromatic rings. The number of aliphatic imine (C=N–C) groups is 1. The third kappa shape index (κ3) is 4.60. The highest BCUT2D eigenvalue weighted by molar-refractivity contribution is 6.35. The Hall–Kier alpha value is -3.77. The summed E-state index contributed by atoms with van der Waals surface area (Å²) in [5, 5.41) is 17.5. The summed E-state index contributed by atoms with van der Waals surface area (Å²) in [4.78, 5) is 26.9. The van der Waals surface area contributed by atoms with Crippen LogP contribution < -0.4 is 17.0 Å². The molecule has 0 aliphatic rings. The Morgan fingerprint density at radius 1 is 1.31 bits per heavy atom. The van der Waals surface area contributed by atoms with Crippen LogP contribution in [-0.2, 0) is 0 Å². The fourth-order valence-corrected chi connectivity index (χ4v) is 3.63. The second-order valence-corrected chi connectivity index (χ2v) is 8.08. The molecule has 2 unspecified atom stereocenters. The van der Waals surface area contributed by atoms with Crippen LogP contribution in [0.2, 0.25) is 5.02 Å². The monoisotopic (exact) mass is 450 g/mol. The van der Waals surface area contributed by atoms with E-state index in [2.05, 4.69) is 9.98 Å². The van der Waals surface area contributed by atoms with Crippen molar-refractivity contribution in [2.24, 2.45) is 28.3 Å². The van der Waals surface area contributed by atoms with Gasteiger partial charge >= 0.3 is 0 Å². The van der Waals surface area contributed by atoms with Crippen molar-refractivity contribution in [3.05, 3.63) is 63.9 Å². The number of nitriles is 1. The summed E-state index contributed by atoms with van der Waals surface area (Å²) in [5.74, 6) is -1.19. The van der Waals surface area contributed by atoms with Gasteiger partial charge in [0.1, 0.15) is 23.5 Å². The molecule has 0 saturated heterocycles. The predicted molar refractivity (Wildman–Crippen MR) is 125 cm³/mol. The lowest BCUT2D eigenvalue weighted by Crippen LogP contribution is -2.35. The van der Waals surface area contributed by atoms with E-state index in [1.807, 2.05) is 19.9 Å².